The minimum atomic E-state index is -0.687. The van der Waals surface area contributed by atoms with Crippen LogP contribution in [-0.2, 0) is 14.3 Å². The molecule has 1 atom stereocenters. The number of aliphatic carboxylic acids is 1. The van der Waals surface area contributed by atoms with Crippen LogP contribution in [0.5, 0.6) is 0 Å². The minimum Gasteiger partial charge on any atom is -0.481 e. The SMILES string of the molecule is CC/C=C\C/C=C\C/C=C\C/C=C\C/C=C\CCCCCC(=O)OC(C)CCCCCCCCCCCC(=O)O. The molecule has 0 radical (unpaired) electrons. The van der Waals surface area contributed by atoms with E-state index in [9.17, 15) is 9.59 Å². The molecule has 0 aromatic rings. The summed E-state index contributed by atoms with van der Waals surface area (Å²) >= 11 is 0. The van der Waals surface area contributed by atoms with Gasteiger partial charge in [-0.15, -0.1) is 0 Å². The lowest BCUT2D eigenvalue weighted by Gasteiger charge is -2.13. The molecule has 4 heteroatoms. The van der Waals surface area contributed by atoms with E-state index >= 15 is 0 Å². The number of carboxylic acids is 1. The van der Waals surface area contributed by atoms with Crippen molar-refractivity contribution in [3.63, 3.8) is 0 Å². The van der Waals surface area contributed by atoms with Gasteiger partial charge in [-0.2, -0.15) is 0 Å². The van der Waals surface area contributed by atoms with Crippen LogP contribution < -0.4 is 0 Å². The van der Waals surface area contributed by atoms with E-state index in [1.165, 1.54) is 32.1 Å². The van der Waals surface area contributed by atoms with Crippen molar-refractivity contribution in [1.82, 2.24) is 0 Å². The molecule has 1 N–H and O–H groups in total. The van der Waals surface area contributed by atoms with Crippen LogP contribution in [0.2, 0.25) is 0 Å². The highest BCUT2D eigenvalue weighted by molar-refractivity contribution is 5.69. The normalized spacial score (nSPS) is 13.1. The molecule has 0 aromatic heterocycles. The number of unbranched alkanes of at least 4 members (excludes halogenated alkanes) is 11. The Morgan fingerprint density at radius 1 is 0.575 bits per heavy atom. The van der Waals surface area contributed by atoms with E-state index in [4.69, 9.17) is 9.84 Å². The molecule has 0 spiro atoms. The van der Waals surface area contributed by atoms with E-state index in [0.717, 1.165) is 89.9 Å². The van der Waals surface area contributed by atoms with E-state index in [2.05, 4.69) is 67.7 Å². The number of rotatable bonds is 28. The summed E-state index contributed by atoms with van der Waals surface area (Å²) in [6.07, 6.45) is 43.5. The molecule has 0 saturated carbocycles. The molecule has 0 saturated heterocycles. The Morgan fingerprint density at radius 3 is 1.52 bits per heavy atom. The van der Waals surface area contributed by atoms with Crippen molar-refractivity contribution >= 4 is 11.9 Å². The van der Waals surface area contributed by atoms with Gasteiger partial charge in [0.15, 0.2) is 0 Å². The number of carbonyl (C=O) groups excluding carboxylic acids is 1. The van der Waals surface area contributed by atoms with Gasteiger partial charge in [0, 0.05) is 12.8 Å². The first-order valence-corrected chi connectivity index (χ1v) is 16.2. The number of esters is 1. The summed E-state index contributed by atoms with van der Waals surface area (Å²) in [5.41, 5.74) is 0. The van der Waals surface area contributed by atoms with Crippen LogP contribution in [-0.4, -0.2) is 23.1 Å². The van der Waals surface area contributed by atoms with Gasteiger partial charge >= 0.3 is 11.9 Å². The largest absolute Gasteiger partial charge is 0.481 e. The van der Waals surface area contributed by atoms with Crippen LogP contribution in [0.15, 0.2) is 60.8 Å². The predicted molar refractivity (Wildman–Crippen MR) is 172 cm³/mol. The molecule has 0 aromatic carbocycles. The van der Waals surface area contributed by atoms with Gasteiger partial charge in [0.1, 0.15) is 0 Å². The third-order valence-corrected chi connectivity index (χ3v) is 6.74. The Kier molecular flexibility index (Phi) is 29.3. The molecule has 1 unspecified atom stereocenters. The Labute approximate surface area is 246 Å². The monoisotopic (exact) mass is 556 g/mol. The standard InChI is InChI=1S/C36H60O4/c1-3-4-5-6-7-8-9-10-11-12-13-14-15-16-17-21-24-27-30-33-36(39)40-34(2)31-28-25-22-19-18-20-23-26-29-32-35(37)38/h4-5,7-8,10-11,13-14,16-17,34H,3,6,9,12,15,18-33H2,1-2H3,(H,37,38)/b5-4-,8-7-,11-10-,14-13-,17-16-. The molecule has 228 valence electrons. The molecule has 4 nitrogen and oxygen atoms in total. The van der Waals surface area contributed by atoms with Crippen molar-refractivity contribution in [2.45, 2.75) is 155 Å². The first-order valence-electron chi connectivity index (χ1n) is 16.2. The lowest BCUT2D eigenvalue weighted by molar-refractivity contribution is -0.148. The van der Waals surface area contributed by atoms with Crippen molar-refractivity contribution in [3.8, 4) is 0 Å². The summed E-state index contributed by atoms with van der Waals surface area (Å²) in [5.74, 6) is -0.738. The number of carboxylic acid groups (broad SMARTS) is 1. The average Bonchev–Trinajstić information content (AvgIpc) is 2.92. The van der Waals surface area contributed by atoms with E-state index in [1.807, 2.05) is 6.92 Å². The van der Waals surface area contributed by atoms with Crippen molar-refractivity contribution in [3.05, 3.63) is 60.8 Å². The van der Waals surface area contributed by atoms with Crippen molar-refractivity contribution in [2.75, 3.05) is 0 Å². The van der Waals surface area contributed by atoms with Gasteiger partial charge in [-0.1, -0.05) is 119 Å². The summed E-state index contributed by atoms with van der Waals surface area (Å²) in [4.78, 5) is 22.5. The van der Waals surface area contributed by atoms with Gasteiger partial charge in [-0.25, -0.2) is 0 Å². The molecule has 0 aliphatic heterocycles. The molecule has 0 fully saturated rings. The van der Waals surface area contributed by atoms with Crippen LogP contribution in [0.1, 0.15) is 149 Å². The molecule has 40 heavy (non-hydrogen) atoms. The fourth-order valence-corrected chi connectivity index (χ4v) is 4.36. The zero-order chi connectivity index (χ0) is 29.4. The lowest BCUT2D eigenvalue weighted by Crippen LogP contribution is -2.14. The van der Waals surface area contributed by atoms with Gasteiger partial charge in [0.25, 0.3) is 0 Å². The van der Waals surface area contributed by atoms with Gasteiger partial charge in [0.05, 0.1) is 6.10 Å². The third kappa shape index (κ3) is 31.9. The van der Waals surface area contributed by atoms with Gasteiger partial charge in [0.2, 0.25) is 0 Å². The molecular formula is C36H60O4. The second-order valence-corrected chi connectivity index (χ2v) is 10.7. The van der Waals surface area contributed by atoms with Crippen LogP contribution in [0.3, 0.4) is 0 Å². The van der Waals surface area contributed by atoms with E-state index in [1.54, 1.807) is 0 Å². The quantitative estimate of drug-likeness (QED) is 0.0591. The van der Waals surface area contributed by atoms with Crippen LogP contribution in [0.4, 0.5) is 0 Å². The fourth-order valence-electron chi connectivity index (χ4n) is 4.36. The van der Waals surface area contributed by atoms with E-state index in [0.29, 0.717) is 12.8 Å². The number of carbonyl (C=O) groups is 2. The van der Waals surface area contributed by atoms with Crippen LogP contribution >= 0.6 is 0 Å². The Bertz CT molecular complexity index is 729. The highest BCUT2D eigenvalue weighted by atomic mass is 16.5. The summed E-state index contributed by atoms with van der Waals surface area (Å²) in [7, 11) is 0. The molecule has 0 amide bonds. The zero-order valence-corrected chi connectivity index (χ0v) is 25.9. The van der Waals surface area contributed by atoms with Gasteiger partial charge < -0.3 is 9.84 Å². The summed E-state index contributed by atoms with van der Waals surface area (Å²) < 4.78 is 5.57. The number of hydrogen-bond donors (Lipinski definition) is 1. The van der Waals surface area contributed by atoms with E-state index < -0.39 is 5.97 Å². The highest BCUT2D eigenvalue weighted by Gasteiger charge is 2.09. The number of hydrogen-bond acceptors (Lipinski definition) is 3. The third-order valence-electron chi connectivity index (χ3n) is 6.74. The molecule has 0 rings (SSSR count). The Hall–Kier alpha value is -2.36. The maximum absolute atomic E-state index is 12.1. The molecular weight excluding hydrogens is 496 g/mol. The van der Waals surface area contributed by atoms with Crippen LogP contribution in [0, 0.1) is 0 Å². The van der Waals surface area contributed by atoms with Crippen molar-refractivity contribution < 1.29 is 19.4 Å². The van der Waals surface area contributed by atoms with Crippen molar-refractivity contribution in [1.29, 1.82) is 0 Å². The lowest BCUT2D eigenvalue weighted by atomic mass is 10.0. The molecule has 0 aliphatic carbocycles. The predicted octanol–water partition coefficient (Wildman–Crippen LogP) is 11.0. The Morgan fingerprint density at radius 2 is 1.00 bits per heavy atom. The first kappa shape index (κ1) is 37.6. The van der Waals surface area contributed by atoms with Gasteiger partial charge in [-0.3, -0.25) is 9.59 Å². The maximum Gasteiger partial charge on any atom is 0.306 e. The van der Waals surface area contributed by atoms with E-state index in [-0.39, 0.29) is 12.1 Å². The Balaban J connectivity index is 3.49. The topological polar surface area (TPSA) is 63.6 Å². The van der Waals surface area contributed by atoms with Gasteiger partial charge in [-0.05, 0) is 77.6 Å². The number of ether oxygens (including phenoxy) is 1. The minimum absolute atomic E-state index is 0.0167. The summed E-state index contributed by atoms with van der Waals surface area (Å²) in [6, 6.07) is 0. The first-order chi connectivity index (χ1) is 19.6. The molecule has 0 aliphatic rings. The summed E-state index contributed by atoms with van der Waals surface area (Å²) in [5, 5.41) is 8.63. The smallest absolute Gasteiger partial charge is 0.306 e. The second-order valence-electron chi connectivity index (χ2n) is 10.7. The fraction of sp³-hybridized carbons (Fsp3) is 0.667. The zero-order valence-electron chi connectivity index (χ0n) is 25.9. The second kappa shape index (κ2) is 31.2. The van der Waals surface area contributed by atoms with Crippen molar-refractivity contribution in [2.24, 2.45) is 0 Å². The highest BCUT2D eigenvalue weighted by Crippen LogP contribution is 2.14. The number of allylic oxidation sites excluding steroid dienone is 10. The molecule has 0 heterocycles. The van der Waals surface area contributed by atoms with Crippen LogP contribution in [0.25, 0.3) is 0 Å². The molecule has 0 bridgehead atoms. The average molecular weight is 557 g/mol. The maximum atomic E-state index is 12.1. The summed E-state index contributed by atoms with van der Waals surface area (Å²) in [6.45, 7) is 4.17.